The van der Waals surface area contributed by atoms with E-state index in [-0.39, 0.29) is 11.2 Å². The van der Waals surface area contributed by atoms with Gasteiger partial charge in [-0.05, 0) is 13.0 Å². The van der Waals surface area contributed by atoms with Crippen LogP contribution in [0.5, 0.6) is 0 Å². The Balaban J connectivity index is 2.82. The summed E-state index contributed by atoms with van der Waals surface area (Å²) in [5.74, 6) is 0. The van der Waals surface area contributed by atoms with E-state index >= 15 is 0 Å². The lowest BCUT2D eigenvalue weighted by Crippen LogP contribution is -2.39. The van der Waals surface area contributed by atoms with Crippen molar-refractivity contribution in [2.24, 2.45) is 14.1 Å². The first-order valence-corrected chi connectivity index (χ1v) is 5.54. The normalized spacial score (nSPS) is 10.7. The van der Waals surface area contributed by atoms with Crippen LogP contribution >= 0.6 is 0 Å². The summed E-state index contributed by atoms with van der Waals surface area (Å²) in [5, 5.41) is 3.21. The summed E-state index contributed by atoms with van der Waals surface area (Å²) in [4.78, 5) is 23.0. The molecule has 0 aromatic carbocycles. The van der Waals surface area contributed by atoms with Crippen molar-refractivity contribution < 1.29 is 0 Å². The van der Waals surface area contributed by atoms with Gasteiger partial charge in [0.15, 0.2) is 0 Å². The van der Waals surface area contributed by atoms with Gasteiger partial charge in [0.1, 0.15) is 0 Å². The summed E-state index contributed by atoms with van der Waals surface area (Å²) in [6.07, 6.45) is 2.22. The molecule has 0 aliphatic rings. The summed E-state index contributed by atoms with van der Waals surface area (Å²) < 4.78 is 2.61. The number of nitrogens with one attached hydrogen (secondary N) is 1. The molecule has 0 bridgehead atoms. The van der Waals surface area contributed by atoms with Gasteiger partial charge in [0, 0.05) is 32.4 Å². The molecule has 1 aromatic rings. The van der Waals surface area contributed by atoms with Crippen LogP contribution in [-0.4, -0.2) is 15.7 Å². The average Bonchev–Trinajstić information content (AvgIpc) is 2.28. The molecule has 0 amide bonds. The maximum atomic E-state index is 11.6. The van der Waals surface area contributed by atoms with E-state index in [1.54, 1.807) is 7.05 Å². The van der Waals surface area contributed by atoms with Crippen LogP contribution in [0, 0.1) is 0 Å². The van der Waals surface area contributed by atoms with Gasteiger partial charge in [-0.3, -0.25) is 13.9 Å². The molecular formula is C11H19N3O2. The minimum atomic E-state index is -0.278. The zero-order valence-corrected chi connectivity index (χ0v) is 10.1. The summed E-state index contributed by atoms with van der Waals surface area (Å²) >= 11 is 0. The lowest BCUT2D eigenvalue weighted by Gasteiger charge is -2.09. The fourth-order valence-electron chi connectivity index (χ4n) is 1.47. The van der Waals surface area contributed by atoms with Gasteiger partial charge in [-0.25, -0.2) is 4.79 Å². The number of hydrogen-bond acceptors (Lipinski definition) is 3. The highest BCUT2D eigenvalue weighted by Gasteiger charge is 2.04. The Morgan fingerprint density at radius 3 is 2.56 bits per heavy atom. The summed E-state index contributed by atoms with van der Waals surface area (Å²) in [6.45, 7) is 3.58. The Kier molecular flexibility index (Phi) is 4.49. The molecule has 0 fully saturated rings. The number of rotatable bonds is 5. The molecule has 0 saturated carbocycles. The van der Waals surface area contributed by atoms with Gasteiger partial charge in [0.05, 0.1) is 0 Å². The summed E-state index contributed by atoms with van der Waals surface area (Å²) in [5.41, 5.74) is 0.194. The van der Waals surface area contributed by atoms with E-state index in [4.69, 9.17) is 0 Å². The minimum absolute atomic E-state index is 0.254. The first-order chi connectivity index (χ1) is 7.57. The van der Waals surface area contributed by atoms with E-state index in [1.807, 2.05) is 0 Å². The second kappa shape index (κ2) is 5.65. The molecule has 1 heterocycles. The first kappa shape index (κ1) is 12.7. The van der Waals surface area contributed by atoms with Gasteiger partial charge in [-0.2, -0.15) is 0 Å². The molecule has 0 spiro atoms. The number of unbranched alkanes of at least 4 members (excludes halogenated alkanes) is 1. The Bertz CT molecular complexity index is 459. The average molecular weight is 225 g/mol. The molecule has 0 atom stereocenters. The Labute approximate surface area is 94.7 Å². The zero-order chi connectivity index (χ0) is 12.1. The largest absolute Gasteiger partial charge is 0.330 e. The van der Waals surface area contributed by atoms with Gasteiger partial charge in [-0.1, -0.05) is 13.3 Å². The second-order valence-corrected chi connectivity index (χ2v) is 3.90. The van der Waals surface area contributed by atoms with Crippen LogP contribution in [0.4, 0.5) is 0 Å². The summed E-state index contributed by atoms with van der Waals surface area (Å²) in [7, 11) is 3.16. The third-order valence-electron chi connectivity index (χ3n) is 2.64. The molecule has 90 valence electrons. The zero-order valence-electron chi connectivity index (χ0n) is 10.1. The van der Waals surface area contributed by atoms with Crippen LogP contribution in [-0.2, 0) is 20.6 Å². The Morgan fingerprint density at radius 1 is 1.25 bits per heavy atom. The molecular weight excluding hydrogens is 206 g/mol. The quantitative estimate of drug-likeness (QED) is 0.716. The first-order valence-electron chi connectivity index (χ1n) is 5.54. The van der Waals surface area contributed by atoms with Crippen molar-refractivity contribution in [1.82, 2.24) is 14.5 Å². The minimum Gasteiger partial charge on any atom is -0.311 e. The van der Waals surface area contributed by atoms with Crippen molar-refractivity contribution in [2.75, 3.05) is 6.54 Å². The lowest BCUT2D eigenvalue weighted by atomic mass is 10.3. The van der Waals surface area contributed by atoms with Gasteiger partial charge in [0.2, 0.25) is 0 Å². The smallest absolute Gasteiger partial charge is 0.311 e. The SMILES string of the molecule is CCCCNCc1cc(=O)n(C)c(=O)n1C. The van der Waals surface area contributed by atoms with Crippen LogP contribution in [0.1, 0.15) is 25.5 Å². The van der Waals surface area contributed by atoms with E-state index < -0.39 is 0 Å². The molecule has 0 aliphatic carbocycles. The van der Waals surface area contributed by atoms with E-state index in [2.05, 4.69) is 12.2 Å². The van der Waals surface area contributed by atoms with Crippen molar-refractivity contribution in [3.63, 3.8) is 0 Å². The van der Waals surface area contributed by atoms with E-state index in [0.29, 0.717) is 6.54 Å². The molecule has 0 unspecified atom stereocenters. The van der Waals surface area contributed by atoms with Crippen LogP contribution in [0.15, 0.2) is 15.7 Å². The van der Waals surface area contributed by atoms with Gasteiger partial charge in [0.25, 0.3) is 5.56 Å². The maximum absolute atomic E-state index is 11.6. The number of aromatic nitrogens is 2. The second-order valence-electron chi connectivity index (χ2n) is 3.90. The molecule has 16 heavy (non-hydrogen) atoms. The summed E-state index contributed by atoms with van der Waals surface area (Å²) in [6, 6.07) is 1.50. The number of nitrogens with zero attached hydrogens (tertiary/aromatic N) is 2. The van der Waals surface area contributed by atoms with Crippen LogP contribution in [0.3, 0.4) is 0 Å². The highest BCUT2D eigenvalue weighted by atomic mass is 16.2. The molecule has 5 heteroatoms. The van der Waals surface area contributed by atoms with Gasteiger partial charge < -0.3 is 5.32 Å². The third kappa shape index (κ3) is 2.82. The topological polar surface area (TPSA) is 56.0 Å². The van der Waals surface area contributed by atoms with E-state index in [9.17, 15) is 9.59 Å². The van der Waals surface area contributed by atoms with Crippen molar-refractivity contribution >= 4 is 0 Å². The lowest BCUT2D eigenvalue weighted by molar-refractivity contribution is 0.586. The standard InChI is InChI=1S/C11H19N3O2/c1-4-5-6-12-8-9-7-10(15)14(3)11(16)13(9)2/h7,12H,4-6,8H2,1-3H3. The Hall–Kier alpha value is -1.36. The fraction of sp³-hybridized carbons (Fsp3) is 0.636. The van der Waals surface area contributed by atoms with Crippen LogP contribution in [0.2, 0.25) is 0 Å². The van der Waals surface area contributed by atoms with Crippen molar-refractivity contribution in [2.45, 2.75) is 26.3 Å². The highest BCUT2D eigenvalue weighted by Crippen LogP contribution is 1.90. The molecule has 0 saturated heterocycles. The monoisotopic (exact) mass is 225 g/mol. The Morgan fingerprint density at radius 2 is 1.94 bits per heavy atom. The van der Waals surface area contributed by atoms with Crippen LogP contribution in [0.25, 0.3) is 0 Å². The van der Waals surface area contributed by atoms with Gasteiger partial charge >= 0.3 is 5.69 Å². The number of hydrogen-bond donors (Lipinski definition) is 1. The molecule has 1 rings (SSSR count). The highest BCUT2D eigenvalue weighted by molar-refractivity contribution is 5.01. The van der Waals surface area contributed by atoms with Crippen LogP contribution < -0.4 is 16.6 Å². The van der Waals surface area contributed by atoms with Gasteiger partial charge in [-0.15, -0.1) is 0 Å². The maximum Gasteiger partial charge on any atom is 0.330 e. The predicted octanol–water partition coefficient (Wildman–Crippen LogP) is -0.0263. The van der Waals surface area contributed by atoms with Crippen molar-refractivity contribution in [3.8, 4) is 0 Å². The third-order valence-corrected chi connectivity index (χ3v) is 2.64. The molecule has 0 radical (unpaired) electrons. The van der Waals surface area contributed by atoms with E-state index in [1.165, 1.54) is 17.7 Å². The molecule has 0 aliphatic heterocycles. The molecule has 1 N–H and O–H groups in total. The molecule has 5 nitrogen and oxygen atoms in total. The predicted molar refractivity (Wildman–Crippen MR) is 63.5 cm³/mol. The van der Waals surface area contributed by atoms with Crippen molar-refractivity contribution in [1.29, 1.82) is 0 Å². The fourth-order valence-corrected chi connectivity index (χ4v) is 1.47. The van der Waals surface area contributed by atoms with E-state index in [0.717, 1.165) is 29.6 Å². The van der Waals surface area contributed by atoms with Crippen molar-refractivity contribution in [3.05, 3.63) is 32.6 Å². The molecule has 1 aromatic heterocycles.